The number of likely N-dealkylation sites (tertiary alicyclic amines) is 1. The molecule has 2 atom stereocenters. The van der Waals surface area contributed by atoms with E-state index in [0.717, 1.165) is 57.0 Å². The molecule has 0 spiro atoms. The predicted octanol–water partition coefficient (Wildman–Crippen LogP) is 3.15. The molecule has 1 heterocycles. The summed E-state index contributed by atoms with van der Waals surface area (Å²) in [5.41, 5.74) is 0.820. The molecular weight excluding hydrogens is 305 g/mol. The van der Waals surface area contributed by atoms with Crippen LogP contribution >= 0.6 is 0 Å². The lowest BCUT2D eigenvalue weighted by atomic mass is 10.1. The van der Waals surface area contributed by atoms with E-state index in [4.69, 9.17) is 4.74 Å². The third kappa shape index (κ3) is 4.07. The van der Waals surface area contributed by atoms with Gasteiger partial charge in [0.1, 0.15) is 5.82 Å². The largest absolute Gasteiger partial charge is 0.378 e. The first kappa shape index (κ1) is 17.2. The smallest absolute Gasteiger partial charge is 0.194 e. The molecule has 1 aliphatic carbocycles. The molecule has 1 aromatic carbocycles. The highest BCUT2D eigenvalue weighted by molar-refractivity contribution is 5.81. The Hall–Kier alpha value is -1.62. The first-order valence-corrected chi connectivity index (χ1v) is 9.14. The number of aliphatic imine (C=N–C) groups is 1. The van der Waals surface area contributed by atoms with Crippen molar-refractivity contribution in [2.45, 2.75) is 51.2 Å². The van der Waals surface area contributed by atoms with E-state index in [1.165, 1.54) is 0 Å². The molecule has 1 aliphatic heterocycles. The number of nitrogens with one attached hydrogen (secondary N) is 1. The zero-order chi connectivity index (χ0) is 16.9. The second-order valence-corrected chi connectivity index (χ2v) is 6.55. The van der Waals surface area contributed by atoms with Crippen LogP contribution in [-0.2, 0) is 4.74 Å². The van der Waals surface area contributed by atoms with Gasteiger partial charge in [0.25, 0.3) is 0 Å². The van der Waals surface area contributed by atoms with Gasteiger partial charge in [0, 0.05) is 38.2 Å². The van der Waals surface area contributed by atoms with Crippen LogP contribution in [0.1, 0.15) is 44.6 Å². The topological polar surface area (TPSA) is 36.9 Å². The molecule has 1 aromatic rings. The summed E-state index contributed by atoms with van der Waals surface area (Å²) in [6, 6.07) is 7.39. The predicted molar refractivity (Wildman–Crippen MR) is 94.9 cm³/mol. The summed E-state index contributed by atoms with van der Waals surface area (Å²) in [5.74, 6) is 1.13. The Balaban J connectivity index is 1.57. The summed E-state index contributed by atoms with van der Waals surface area (Å²) in [7, 11) is 0. The summed E-state index contributed by atoms with van der Waals surface area (Å²) < 4.78 is 19.7. The van der Waals surface area contributed by atoms with Gasteiger partial charge in [-0.3, -0.25) is 4.99 Å². The minimum absolute atomic E-state index is 0.0988. The van der Waals surface area contributed by atoms with Crippen molar-refractivity contribution in [2.24, 2.45) is 4.99 Å². The number of guanidine groups is 1. The molecule has 1 saturated carbocycles. The van der Waals surface area contributed by atoms with Crippen LogP contribution in [0.25, 0.3) is 0 Å². The van der Waals surface area contributed by atoms with Gasteiger partial charge < -0.3 is 15.0 Å². The Morgan fingerprint density at radius 1 is 1.29 bits per heavy atom. The van der Waals surface area contributed by atoms with E-state index in [9.17, 15) is 4.39 Å². The van der Waals surface area contributed by atoms with Crippen LogP contribution in [0.4, 0.5) is 4.39 Å². The maximum Gasteiger partial charge on any atom is 0.194 e. The first-order chi connectivity index (χ1) is 11.7. The summed E-state index contributed by atoms with van der Waals surface area (Å²) in [4.78, 5) is 6.96. The normalized spacial score (nSPS) is 25.0. The standard InChI is InChI=1S/C19H28FN3O/c1-3-21-19(23-11-9-14(10-12-23)24-4-2)22-18-13-16(18)15-7-5-6-8-17(15)20/h5-8,14,16,18H,3-4,9-13H2,1-2H3,(H,21,22). The lowest BCUT2D eigenvalue weighted by Crippen LogP contribution is -2.48. The second kappa shape index (κ2) is 7.97. The van der Waals surface area contributed by atoms with Gasteiger partial charge in [-0.15, -0.1) is 0 Å². The van der Waals surface area contributed by atoms with Crippen molar-refractivity contribution in [3.05, 3.63) is 35.6 Å². The van der Waals surface area contributed by atoms with Crippen molar-refractivity contribution >= 4 is 5.96 Å². The molecule has 132 valence electrons. The molecule has 4 nitrogen and oxygen atoms in total. The molecule has 5 heteroatoms. The Morgan fingerprint density at radius 2 is 2.04 bits per heavy atom. The number of nitrogens with zero attached hydrogens (tertiary/aromatic N) is 2. The molecule has 0 aromatic heterocycles. The lowest BCUT2D eigenvalue weighted by molar-refractivity contribution is 0.0263. The minimum atomic E-state index is -0.0988. The molecular formula is C19H28FN3O. The number of hydrogen-bond donors (Lipinski definition) is 1. The van der Waals surface area contributed by atoms with Gasteiger partial charge >= 0.3 is 0 Å². The molecule has 0 bridgehead atoms. The molecule has 0 amide bonds. The number of piperidine rings is 1. The van der Waals surface area contributed by atoms with Gasteiger partial charge in [-0.2, -0.15) is 0 Å². The third-order valence-electron chi connectivity index (χ3n) is 4.86. The van der Waals surface area contributed by atoms with Crippen molar-refractivity contribution in [2.75, 3.05) is 26.2 Å². The van der Waals surface area contributed by atoms with Gasteiger partial charge in [0.2, 0.25) is 0 Å². The average Bonchev–Trinajstić information content (AvgIpc) is 3.35. The van der Waals surface area contributed by atoms with E-state index in [1.807, 2.05) is 19.1 Å². The Bertz CT molecular complexity index is 569. The monoisotopic (exact) mass is 333 g/mol. The summed E-state index contributed by atoms with van der Waals surface area (Å²) in [6.07, 6.45) is 3.43. The fraction of sp³-hybridized carbons (Fsp3) is 0.632. The van der Waals surface area contributed by atoms with E-state index in [0.29, 0.717) is 6.10 Å². The van der Waals surface area contributed by atoms with Gasteiger partial charge in [0.15, 0.2) is 5.96 Å². The number of rotatable bonds is 5. The number of hydrogen-bond acceptors (Lipinski definition) is 2. The highest BCUT2D eigenvalue weighted by Crippen LogP contribution is 2.41. The molecule has 0 radical (unpaired) electrons. The maximum atomic E-state index is 13.9. The summed E-state index contributed by atoms with van der Waals surface area (Å²) in [6.45, 7) is 7.57. The fourth-order valence-corrected chi connectivity index (χ4v) is 3.50. The van der Waals surface area contributed by atoms with Crippen molar-refractivity contribution in [3.63, 3.8) is 0 Å². The van der Waals surface area contributed by atoms with E-state index in [2.05, 4.69) is 22.1 Å². The quantitative estimate of drug-likeness (QED) is 0.664. The number of halogens is 1. The molecule has 2 aliphatic rings. The van der Waals surface area contributed by atoms with Gasteiger partial charge in [-0.05, 0) is 44.7 Å². The van der Waals surface area contributed by atoms with Crippen LogP contribution in [0.3, 0.4) is 0 Å². The van der Waals surface area contributed by atoms with E-state index < -0.39 is 0 Å². The number of ether oxygens (including phenoxy) is 1. The highest BCUT2D eigenvalue weighted by atomic mass is 19.1. The van der Waals surface area contributed by atoms with Crippen LogP contribution in [0.2, 0.25) is 0 Å². The highest BCUT2D eigenvalue weighted by Gasteiger charge is 2.41. The molecule has 1 N–H and O–H groups in total. The van der Waals surface area contributed by atoms with Crippen LogP contribution in [0.15, 0.2) is 29.3 Å². The average molecular weight is 333 g/mol. The van der Waals surface area contributed by atoms with Crippen LogP contribution < -0.4 is 5.32 Å². The van der Waals surface area contributed by atoms with Gasteiger partial charge in [-0.1, -0.05) is 18.2 Å². The number of benzene rings is 1. The van der Waals surface area contributed by atoms with Gasteiger partial charge in [-0.25, -0.2) is 4.39 Å². The first-order valence-electron chi connectivity index (χ1n) is 9.14. The van der Waals surface area contributed by atoms with Crippen LogP contribution in [-0.4, -0.2) is 49.2 Å². The molecule has 2 unspecified atom stereocenters. The molecule has 1 saturated heterocycles. The van der Waals surface area contributed by atoms with E-state index >= 15 is 0 Å². The molecule has 3 rings (SSSR count). The second-order valence-electron chi connectivity index (χ2n) is 6.55. The maximum absolute atomic E-state index is 13.9. The van der Waals surface area contributed by atoms with Crippen LogP contribution in [0, 0.1) is 5.82 Å². The van der Waals surface area contributed by atoms with Gasteiger partial charge in [0.05, 0.1) is 6.10 Å². The summed E-state index contributed by atoms with van der Waals surface area (Å²) >= 11 is 0. The van der Waals surface area contributed by atoms with Crippen molar-refractivity contribution < 1.29 is 9.13 Å². The zero-order valence-corrected chi connectivity index (χ0v) is 14.7. The Morgan fingerprint density at radius 3 is 2.71 bits per heavy atom. The Kier molecular flexibility index (Phi) is 5.72. The molecule has 2 fully saturated rings. The van der Waals surface area contributed by atoms with E-state index in [1.54, 1.807) is 12.1 Å². The lowest BCUT2D eigenvalue weighted by Gasteiger charge is -2.34. The van der Waals surface area contributed by atoms with Crippen molar-refractivity contribution in [1.29, 1.82) is 0 Å². The van der Waals surface area contributed by atoms with Crippen molar-refractivity contribution in [1.82, 2.24) is 10.2 Å². The third-order valence-corrected chi connectivity index (χ3v) is 4.86. The minimum Gasteiger partial charge on any atom is -0.378 e. The molecule has 24 heavy (non-hydrogen) atoms. The summed E-state index contributed by atoms with van der Waals surface area (Å²) in [5, 5.41) is 3.55. The zero-order valence-electron chi connectivity index (χ0n) is 14.7. The fourth-order valence-electron chi connectivity index (χ4n) is 3.50. The van der Waals surface area contributed by atoms with Crippen LogP contribution in [0.5, 0.6) is 0 Å². The van der Waals surface area contributed by atoms with Crippen molar-refractivity contribution in [3.8, 4) is 0 Å². The SMILES string of the molecule is CCN=C(NC1CC1c1ccccc1F)N1CCC(OCC)CC1. The Labute approximate surface area is 144 Å². The van der Waals surface area contributed by atoms with E-state index in [-0.39, 0.29) is 17.8 Å².